The molecule has 6 nitrogen and oxygen atoms in total. The third-order valence-corrected chi connectivity index (χ3v) is 4.35. The number of hydrogen-bond acceptors (Lipinski definition) is 4. The van der Waals surface area contributed by atoms with Gasteiger partial charge in [-0.25, -0.2) is 4.98 Å². The third-order valence-electron chi connectivity index (χ3n) is 4.35. The van der Waals surface area contributed by atoms with Crippen molar-refractivity contribution in [2.24, 2.45) is 0 Å². The van der Waals surface area contributed by atoms with Crippen molar-refractivity contribution < 1.29 is 4.74 Å². The van der Waals surface area contributed by atoms with Crippen LogP contribution in [-0.2, 0) is 6.61 Å². The Kier molecular flexibility index (Phi) is 4.01. The molecule has 2 aromatic carbocycles. The summed E-state index contributed by atoms with van der Waals surface area (Å²) in [4.78, 5) is 19.8. The maximum atomic E-state index is 12.5. The number of para-hydroxylation sites is 1. The number of fused-ring (bicyclic) bond motifs is 1. The first-order valence-corrected chi connectivity index (χ1v) is 8.33. The summed E-state index contributed by atoms with van der Waals surface area (Å²) < 4.78 is 5.78. The monoisotopic (exact) mass is 346 g/mol. The molecule has 2 heterocycles. The summed E-state index contributed by atoms with van der Waals surface area (Å²) in [5.74, 6) is 1.28. The standard InChI is InChI=1S/C20H18N4O2/c1-12-5-3-4-6-18(12)26-11-19-22-17-8-7-14(9-15(17)20(25)23-19)16-10-21-24-13(16)2/h3-10H,11H2,1-2H3,(H,21,24)(H,22,23,25). The molecule has 2 N–H and O–H groups in total. The van der Waals surface area contributed by atoms with Crippen molar-refractivity contribution in [1.82, 2.24) is 20.2 Å². The van der Waals surface area contributed by atoms with Gasteiger partial charge in [0.05, 0.1) is 17.1 Å². The van der Waals surface area contributed by atoms with Gasteiger partial charge in [0.1, 0.15) is 18.2 Å². The molecule has 0 saturated heterocycles. The number of benzene rings is 2. The summed E-state index contributed by atoms with van der Waals surface area (Å²) in [6.07, 6.45) is 1.75. The first kappa shape index (κ1) is 16.1. The predicted molar refractivity (Wildman–Crippen MR) is 100 cm³/mol. The molecule has 0 aliphatic heterocycles. The lowest BCUT2D eigenvalue weighted by Crippen LogP contribution is -2.14. The highest BCUT2D eigenvalue weighted by atomic mass is 16.5. The van der Waals surface area contributed by atoms with E-state index in [1.54, 1.807) is 6.20 Å². The number of aryl methyl sites for hydroxylation is 2. The zero-order valence-corrected chi connectivity index (χ0v) is 14.5. The van der Waals surface area contributed by atoms with Crippen molar-refractivity contribution in [2.75, 3.05) is 0 Å². The van der Waals surface area contributed by atoms with Gasteiger partial charge in [-0.15, -0.1) is 0 Å². The summed E-state index contributed by atoms with van der Waals surface area (Å²) in [6.45, 7) is 4.13. The van der Waals surface area contributed by atoms with Crippen LogP contribution in [0.25, 0.3) is 22.0 Å². The SMILES string of the molecule is Cc1ccccc1OCc1nc2ccc(-c3cn[nH]c3C)cc2c(=O)[nH]1. The highest BCUT2D eigenvalue weighted by Crippen LogP contribution is 2.24. The molecule has 0 unspecified atom stereocenters. The van der Waals surface area contributed by atoms with Gasteiger partial charge >= 0.3 is 0 Å². The van der Waals surface area contributed by atoms with Crippen LogP contribution in [-0.4, -0.2) is 20.2 Å². The van der Waals surface area contributed by atoms with Crippen LogP contribution in [0.2, 0.25) is 0 Å². The second kappa shape index (κ2) is 6.48. The maximum absolute atomic E-state index is 12.5. The average molecular weight is 346 g/mol. The molecule has 0 spiro atoms. The molecule has 0 saturated carbocycles. The lowest BCUT2D eigenvalue weighted by atomic mass is 10.0. The van der Waals surface area contributed by atoms with E-state index in [1.165, 1.54) is 0 Å². The van der Waals surface area contributed by atoms with Gasteiger partial charge < -0.3 is 9.72 Å². The number of rotatable bonds is 4. The molecular formula is C20H18N4O2. The Morgan fingerprint density at radius 1 is 1.12 bits per heavy atom. The highest BCUT2D eigenvalue weighted by molar-refractivity contribution is 5.84. The summed E-state index contributed by atoms with van der Waals surface area (Å²) >= 11 is 0. The average Bonchev–Trinajstić information content (AvgIpc) is 3.07. The molecule has 0 atom stereocenters. The molecule has 130 valence electrons. The Morgan fingerprint density at radius 2 is 1.96 bits per heavy atom. The smallest absolute Gasteiger partial charge is 0.258 e. The van der Waals surface area contributed by atoms with E-state index in [0.717, 1.165) is 28.1 Å². The van der Waals surface area contributed by atoms with Crippen LogP contribution in [0.1, 0.15) is 17.1 Å². The van der Waals surface area contributed by atoms with Crippen LogP contribution < -0.4 is 10.3 Å². The summed E-state index contributed by atoms with van der Waals surface area (Å²) in [5.41, 5.74) is 4.36. The number of nitrogens with zero attached hydrogens (tertiary/aromatic N) is 2. The summed E-state index contributed by atoms with van der Waals surface area (Å²) in [6, 6.07) is 13.4. The lowest BCUT2D eigenvalue weighted by molar-refractivity contribution is 0.294. The molecule has 0 aliphatic rings. The zero-order valence-electron chi connectivity index (χ0n) is 14.5. The quantitative estimate of drug-likeness (QED) is 0.592. The van der Waals surface area contributed by atoms with Crippen molar-refractivity contribution in [3.8, 4) is 16.9 Å². The van der Waals surface area contributed by atoms with Crippen molar-refractivity contribution in [2.45, 2.75) is 20.5 Å². The Hall–Kier alpha value is -3.41. The number of hydrogen-bond donors (Lipinski definition) is 2. The van der Waals surface area contributed by atoms with Crippen LogP contribution in [0.4, 0.5) is 0 Å². The van der Waals surface area contributed by atoms with Crippen LogP contribution in [0, 0.1) is 13.8 Å². The highest BCUT2D eigenvalue weighted by Gasteiger charge is 2.09. The topological polar surface area (TPSA) is 83.7 Å². The van der Waals surface area contributed by atoms with E-state index in [-0.39, 0.29) is 12.2 Å². The van der Waals surface area contributed by atoms with Crippen LogP contribution >= 0.6 is 0 Å². The largest absolute Gasteiger partial charge is 0.485 e. The van der Waals surface area contributed by atoms with E-state index in [9.17, 15) is 4.79 Å². The van der Waals surface area contributed by atoms with E-state index < -0.39 is 0 Å². The van der Waals surface area contributed by atoms with Gasteiger partial charge in [0.2, 0.25) is 0 Å². The van der Waals surface area contributed by atoms with Crippen molar-refractivity contribution >= 4 is 10.9 Å². The maximum Gasteiger partial charge on any atom is 0.258 e. The zero-order chi connectivity index (χ0) is 18.1. The van der Waals surface area contributed by atoms with Crippen LogP contribution in [0.15, 0.2) is 53.5 Å². The van der Waals surface area contributed by atoms with Gasteiger partial charge in [-0.3, -0.25) is 9.89 Å². The first-order valence-electron chi connectivity index (χ1n) is 8.33. The fraction of sp³-hybridized carbons (Fsp3) is 0.150. The van der Waals surface area contributed by atoms with Gasteiger partial charge in [0.15, 0.2) is 0 Å². The molecule has 0 bridgehead atoms. The van der Waals surface area contributed by atoms with E-state index in [0.29, 0.717) is 16.7 Å². The second-order valence-electron chi connectivity index (χ2n) is 6.21. The Labute approximate surface area is 149 Å². The van der Waals surface area contributed by atoms with Gasteiger partial charge in [0.25, 0.3) is 5.56 Å². The predicted octanol–water partition coefficient (Wildman–Crippen LogP) is 3.51. The Balaban J connectivity index is 1.66. The molecule has 6 heteroatoms. The Bertz CT molecular complexity index is 1140. The minimum Gasteiger partial charge on any atom is -0.485 e. The van der Waals surface area contributed by atoms with E-state index >= 15 is 0 Å². The molecule has 2 aromatic heterocycles. The number of H-pyrrole nitrogens is 2. The van der Waals surface area contributed by atoms with Crippen molar-refractivity contribution in [1.29, 1.82) is 0 Å². The minimum absolute atomic E-state index is 0.179. The van der Waals surface area contributed by atoms with Gasteiger partial charge in [-0.05, 0) is 43.2 Å². The minimum atomic E-state index is -0.179. The van der Waals surface area contributed by atoms with E-state index in [4.69, 9.17) is 4.74 Å². The molecule has 0 fully saturated rings. The second-order valence-corrected chi connectivity index (χ2v) is 6.21. The molecule has 0 radical (unpaired) electrons. The lowest BCUT2D eigenvalue weighted by Gasteiger charge is -2.09. The normalized spacial score (nSPS) is 11.0. The number of nitrogens with one attached hydrogen (secondary N) is 2. The summed E-state index contributed by atoms with van der Waals surface area (Å²) in [7, 11) is 0. The summed E-state index contributed by atoms with van der Waals surface area (Å²) in [5, 5.41) is 7.48. The fourth-order valence-corrected chi connectivity index (χ4v) is 2.93. The third kappa shape index (κ3) is 2.97. The molecule has 0 amide bonds. The van der Waals surface area contributed by atoms with Gasteiger partial charge in [-0.2, -0.15) is 5.10 Å². The van der Waals surface area contributed by atoms with Crippen molar-refractivity contribution in [3.05, 3.63) is 76.1 Å². The van der Waals surface area contributed by atoms with Crippen LogP contribution in [0.3, 0.4) is 0 Å². The molecular weight excluding hydrogens is 328 g/mol. The number of ether oxygens (including phenoxy) is 1. The van der Waals surface area contributed by atoms with Crippen LogP contribution in [0.5, 0.6) is 5.75 Å². The van der Waals surface area contributed by atoms with E-state index in [1.807, 2.05) is 56.3 Å². The number of aromatic amines is 2. The molecule has 4 aromatic rings. The first-order chi connectivity index (χ1) is 12.6. The molecule has 0 aliphatic carbocycles. The molecule has 4 rings (SSSR count). The van der Waals surface area contributed by atoms with E-state index in [2.05, 4.69) is 20.2 Å². The number of aromatic nitrogens is 4. The van der Waals surface area contributed by atoms with Crippen molar-refractivity contribution in [3.63, 3.8) is 0 Å². The molecule has 26 heavy (non-hydrogen) atoms. The Morgan fingerprint density at radius 3 is 2.73 bits per heavy atom. The van der Waals surface area contributed by atoms with Gasteiger partial charge in [0, 0.05) is 11.3 Å². The van der Waals surface area contributed by atoms with Gasteiger partial charge in [-0.1, -0.05) is 24.3 Å². The fourth-order valence-electron chi connectivity index (χ4n) is 2.93.